The number of aromatic nitrogens is 1. The highest BCUT2D eigenvalue weighted by Gasteiger charge is 2.16. The molecule has 1 aromatic heterocycles. The Morgan fingerprint density at radius 1 is 1.54 bits per heavy atom. The number of nitrogens with two attached hydrogens (primary N) is 1. The predicted octanol–water partition coefficient (Wildman–Crippen LogP) is 1.13. The molecular weight excluding hydrogens is 162 g/mol. The third-order valence-corrected chi connectivity index (χ3v) is 2.62. The lowest BCUT2D eigenvalue weighted by Crippen LogP contribution is -2.28. The number of pyridine rings is 1. The monoisotopic (exact) mass is 177 g/mol. The van der Waals surface area contributed by atoms with Crippen molar-refractivity contribution < 1.29 is 0 Å². The molecule has 0 saturated carbocycles. The predicted molar refractivity (Wildman–Crippen MR) is 53.5 cm³/mol. The maximum Gasteiger partial charge on any atom is 0.0536 e. The highest BCUT2D eigenvalue weighted by atomic mass is 14.9. The van der Waals surface area contributed by atoms with Crippen LogP contribution < -0.4 is 11.1 Å². The highest BCUT2D eigenvalue weighted by Crippen LogP contribution is 2.26. The molecule has 13 heavy (non-hydrogen) atoms. The fraction of sp³-hybridized carbons (Fsp3) is 0.500. The maximum absolute atomic E-state index is 5.86. The van der Waals surface area contributed by atoms with E-state index >= 15 is 0 Å². The van der Waals surface area contributed by atoms with Gasteiger partial charge < -0.3 is 11.1 Å². The summed E-state index contributed by atoms with van der Waals surface area (Å²) < 4.78 is 0. The van der Waals surface area contributed by atoms with Gasteiger partial charge in [-0.25, -0.2) is 0 Å². The number of rotatable bonds is 1. The van der Waals surface area contributed by atoms with Gasteiger partial charge >= 0.3 is 0 Å². The van der Waals surface area contributed by atoms with Gasteiger partial charge in [0.05, 0.1) is 11.9 Å². The van der Waals surface area contributed by atoms with E-state index in [9.17, 15) is 0 Å². The summed E-state index contributed by atoms with van der Waals surface area (Å²) in [6.45, 7) is 2.19. The van der Waals surface area contributed by atoms with Crippen molar-refractivity contribution in [1.82, 2.24) is 10.3 Å². The van der Waals surface area contributed by atoms with Crippen molar-refractivity contribution >= 4 is 5.69 Å². The maximum atomic E-state index is 5.86. The Morgan fingerprint density at radius 3 is 3.15 bits per heavy atom. The van der Waals surface area contributed by atoms with Crippen LogP contribution >= 0.6 is 0 Å². The number of hydrogen-bond donors (Lipinski definition) is 2. The molecule has 1 aliphatic rings. The van der Waals surface area contributed by atoms with E-state index in [0.717, 1.165) is 18.8 Å². The van der Waals surface area contributed by atoms with Gasteiger partial charge in [0.2, 0.25) is 0 Å². The van der Waals surface area contributed by atoms with Gasteiger partial charge in [-0.05, 0) is 36.9 Å². The number of piperidine rings is 1. The van der Waals surface area contributed by atoms with E-state index in [1.165, 1.54) is 18.4 Å². The Labute approximate surface area is 78.4 Å². The van der Waals surface area contributed by atoms with Gasteiger partial charge in [-0.15, -0.1) is 0 Å². The molecule has 3 heteroatoms. The van der Waals surface area contributed by atoms with Gasteiger partial charge in [0.25, 0.3) is 0 Å². The van der Waals surface area contributed by atoms with Crippen molar-refractivity contribution in [3.05, 3.63) is 24.0 Å². The standard InChI is InChI=1S/C10H15N3/c11-10-7-13-5-3-9(10)8-2-1-4-12-6-8/h3,5,7-8,12H,1-2,4,6,11H2/t8-/m1/s1. The molecule has 3 N–H and O–H groups in total. The van der Waals surface area contributed by atoms with Crippen LogP contribution in [-0.4, -0.2) is 18.1 Å². The van der Waals surface area contributed by atoms with Crippen LogP contribution in [0.5, 0.6) is 0 Å². The summed E-state index contributed by atoms with van der Waals surface area (Å²) in [6.07, 6.45) is 6.04. The SMILES string of the molecule is Nc1cnccc1[C@@H]1CCCNC1. The number of nitrogen functional groups attached to an aromatic ring is 1. The van der Waals surface area contributed by atoms with Gasteiger partial charge in [-0.1, -0.05) is 0 Å². The fourth-order valence-electron chi connectivity index (χ4n) is 1.91. The summed E-state index contributed by atoms with van der Waals surface area (Å²) in [5.41, 5.74) is 7.94. The Bertz CT molecular complexity index is 279. The van der Waals surface area contributed by atoms with Gasteiger partial charge in [0.15, 0.2) is 0 Å². The molecular formula is C10H15N3. The van der Waals surface area contributed by atoms with Gasteiger partial charge in [0.1, 0.15) is 0 Å². The zero-order valence-electron chi connectivity index (χ0n) is 7.66. The molecule has 0 aliphatic carbocycles. The van der Waals surface area contributed by atoms with Gasteiger partial charge in [0, 0.05) is 12.7 Å². The fourth-order valence-corrected chi connectivity index (χ4v) is 1.91. The zero-order valence-corrected chi connectivity index (χ0v) is 7.66. The third-order valence-electron chi connectivity index (χ3n) is 2.62. The Hall–Kier alpha value is -1.09. The largest absolute Gasteiger partial charge is 0.397 e. The van der Waals surface area contributed by atoms with Crippen molar-refractivity contribution in [3.63, 3.8) is 0 Å². The van der Waals surface area contributed by atoms with Crippen molar-refractivity contribution in [2.75, 3.05) is 18.8 Å². The summed E-state index contributed by atoms with van der Waals surface area (Å²) in [7, 11) is 0. The van der Waals surface area contributed by atoms with Crippen LogP contribution in [0.4, 0.5) is 5.69 Å². The topological polar surface area (TPSA) is 50.9 Å². The third kappa shape index (κ3) is 1.80. The quantitative estimate of drug-likeness (QED) is 0.676. The molecule has 2 heterocycles. The molecule has 0 spiro atoms. The molecule has 2 rings (SSSR count). The zero-order chi connectivity index (χ0) is 9.10. The highest BCUT2D eigenvalue weighted by molar-refractivity contribution is 5.46. The van der Waals surface area contributed by atoms with Gasteiger partial charge in [-0.2, -0.15) is 0 Å². The summed E-state index contributed by atoms with van der Waals surface area (Å²) >= 11 is 0. The summed E-state index contributed by atoms with van der Waals surface area (Å²) in [5, 5.41) is 3.38. The molecule has 1 aliphatic heterocycles. The average molecular weight is 177 g/mol. The minimum absolute atomic E-state index is 0.580. The Morgan fingerprint density at radius 2 is 2.46 bits per heavy atom. The number of hydrogen-bond acceptors (Lipinski definition) is 3. The number of nitrogens with zero attached hydrogens (tertiary/aromatic N) is 1. The number of anilines is 1. The second kappa shape index (κ2) is 3.75. The second-order valence-corrected chi connectivity index (χ2v) is 3.55. The molecule has 0 amide bonds. The lowest BCUT2D eigenvalue weighted by atomic mass is 9.91. The first kappa shape index (κ1) is 8.51. The van der Waals surface area contributed by atoms with Gasteiger partial charge in [-0.3, -0.25) is 4.98 Å². The number of nitrogens with one attached hydrogen (secondary N) is 1. The van der Waals surface area contributed by atoms with Crippen LogP contribution in [0.2, 0.25) is 0 Å². The lowest BCUT2D eigenvalue weighted by Gasteiger charge is -2.23. The van der Waals surface area contributed by atoms with E-state index in [0.29, 0.717) is 5.92 Å². The molecule has 0 bridgehead atoms. The molecule has 0 radical (unpaired) electrons. The molecule has 70 valence electrons. The van der Waals surface area contributed by atoms with E-state index in [1.807, 2.05) is 12.3 Å². The molecule has 1 atom stereocenters. The normalized spacial score (nSPS) is 22.9. The van der Waals surface area contributed by atoms with Crippen LogP contribution in [0.25, 0.3) is 0 Å². The lowest BCUT2D eigenvalue weighted by molar-refractivity contribution is 0.462. The minimum Gasteiger partial charge on any atom is -0.397 e. The van der Waals surface area contributed by atoms with Crippen LogP contribution in [-0.2, 0) is 0 Å². The van der Waals surface area contributed by atoms with E-state index in [-0.39, 0.29) is 0 Å². The van der Waals surface area contributed by atoms with Crippen LogP contribution in [0.15, 0.2) is 18.5 Å². The smallest absolute Gasteiger partial charge is 0.0536 e. The van der Waals surface area contributed by atoms with Crippen LogP contribution in [0, 0.1) is 0 Å². The molecule has 3 nitrogen and oxygen atoms in total. The first-order chi connectivity index (χ1) is 6.38. The average Bonchev–Trinajstić information content (AvgIpc) is 2.20. The van der Waals surface area contributed by atoms with Crippen LogP contribution in [0.1, 0.15) is 24.3 Å². The Balaban J connectivity index is 2.18. The van der Waals surface area contributed by atoms with Crippen molar-refractivity contribution in [3.8, 4) is 0 Å². The minimum atomic E-state index is 0.580. The summed E-state index contributed by atoms with van der Waals surface area (Å²) in [5.74, 6) is 0.580. The second-order valence-electron chi connectivity index (χ2n) is 3.55. The Kier molecular flexibility index (Phi) is 2.45. The van der Waals surface area contributed by atoms with E-state index in [4.69, 9.17) is 5.73 Å². The molecule has 1 saturated heterocycles. The van der Waals surface area contributed by atoms with E-state index < -0.39 is 0 Å². The first-order valence-corrected chi connectivity index (χ1v) is 4.78. The molecule has 0 unspecified atom stereocenters. The summed E-state index contributed by atoms with van der Waals surface area (Å²) in [4.78, 5) is 3.99. The van der Waals surface area contributed by atoms with Crippen LogP contribution in [0.3, 0.4) is 0 Å². The van der Waals surface area contributed by atoms with E-state index in [2.05, 4.69) is 10.3 Å². The van der Waals surface area contributed by atoms with Crippen molar-refractivity contribution in [1.29, 1.82) is 0 Å². The molecule has 1 fully saturated rings. The molecule has 1 aromatic rings. The first-order valence-electron chi connectivity index (χ1n) is 4.78. The molecule has 0 aromatic carbocycles. The van der Waals surface area contributed by atoms with Crippen molar-refractivity contribution in [2.45, 2.75) is 18.8 Å². The van der Waals surface area contributed by atoms with E-state index in [1.54, 1.807) is 6.20 Å². The summed E-state index contributed by atoms with van der Waals surface area (Å²) in [6, 6.07) is 2.03. The van der Waals surface area contributed by atoms with Crippen molar-refractivity contribution in [2.24, 2.45) is 0 Å².